The Morgan fingerprint density at radius 2 is 1.21 bits per heavy atom. The average molecular weight is 395 g/mol. The van der Waals surface area contributed by atoms with Gasteiger partial charge in [-0.1, -0.05) is 64.7 Å². The molecule has 2 saturated carbocycles. The highest BCUT2D eigenvalue weighted by atomic mass is 19.1. The molecule has 0 nitrogen and oxygen atoms in total. The third kappa shape index (κ3) is 5.76. The molecular formula is C25H37F3. The van der Waals surface area contributed by atoms with E-state index in [1.165, 1.54) is 69.9 Å². The summed E-state index contributed by atoms with van der Waals surface area (Å²) in [4.78, 5) is 0. The zero-order valence-corrected chi connectivity index (χ0v) is 17.5. The van der Waals surface area contributed by atoms with Gasteiger partial charge < -0.3 is 0 Å². The number of rotatable bonds is 8. The van der Waals surface area contributed by atoms with Gasteiger partial charge in [-0.3, -0.25) is 0 Å². The Labute approximate surface area is 169 Å². The molecular weight excluding hydrogens is 357 g/mol. The Kier molecular flexibility index (Phi) is 8.29. The Morgan fingerprint density at radius 1 is 0.750 bits per heavy atom. The van der Waals surface area contributed by atoms with Crippen molar-refractivity contribution in [1.82, 2.24) is 0 Å². The van der Waals surface area contributed by atoms with Crippen molar-refractivity contribution in [2.75, 3.05) is 0 Å². The van der Waals surface area contributed by atoms with Crippen molar-refractivity contribution in [3.63, 3.8) is 0 Å². The van der Waals surface area contributed by atoms with Crippen molar-refractivity contribution in [3.8, 4) is 0 Å². The first-order valence-corrected chi connectivity index (χ1v) is 11.6. The van der Waals surface area contributed by atoms with Gasteiger partial charge in [-0.25, -0.2) is 13.2 Å². The van der Waals surface area contributed by atoms with Crippen LogP contribution < -0.4 is 0 Å². The van der Waals surface area contributed by atoms with E-state index in [2.05, 4.69) is 6.92 Å². The largest absolute Gasteiger partial charge is 0.246 e. The van der Waals surface area contributed by atoms with Gasteiger partial charge in [0, 0.05) is 0 Å². The second kappa shape index (κ2) is 10.7. The summed E-state index contributed by atoms with van der Waals surface area (Å²) in [5, 5.41) is 0. The molecule has 0 aromatic heterocycles. The normalized spacial score (nSPS) is 28.4. The first-order chi connectivity index (χ1) is 13.6. The second-order valence-corrected chi connectivity index (χ2v) is 9.42. The summed E-state index contributed by atoms with van der Waals surface area (Å²) in [6, 6.07) is 2.72. The monoisotopic (exact) mass is 394 g/mol. The van der Waals surface area contributed by atoms with Gasteiger partial charge >= 0.3 is 0 Å². The molecule has 0 unspecified atom stereocenters. The molecule has 3 heteroatoms. The van der Waals surface area contributed by atoms with Crippen LogP contribution in [0.4, 0.5) is 13.2 Å². The van der Waals surface area contributed by atoms with E-state index in [4.69, 9.17) is 0 Å². The molecule has 2 fully saturated rings. The fourth-order valence-corrected chi connectivity index (χ4v) is 5.54. The van der Waals surface area contributed by atoms with Crippen LogP contribution in [0, 0.1) is 29.4 Å². The van der Waals surface area contributed by atoms with Gasteiger partial charge in [0.1, 0.15) is 18.3 Å². The van der Waals surface area contributed by atoms with Crippen LogP contribution in [0.3, 0.4) is 0 Å². The van der Waals surface area contributed by atoms with Gasteiger partial charge in [0.2, 0.25) is 0 Å². The SMILES string of the molecule is CCCCC1CCC(CCC2CCC(c3cc(F)c(CF)c(F)c3)CC2)CC1. The van der Waals surface area contributed by atoms with Crippen molar-refractivity contribution in [2.45, 2.75) is 103 Å². The average Bonchev–Trinajstić information content (AvgIpc) is 2.71. The lowest BCUT2D eigenvalue weighted by Crippen LogP contribution is -2.18. The third-order valence-corrected chi connectivity index (χ3v) is 7.53. The minimum Gasteiger partial charge on any atom is -0.246 e. The number of unbranched alkanes of at least 4 members (excludes halogenated alkanes) is 1. The Balaban J connectivity index is 1.39. The first-order valence-electron chi connectivity index (χ1n) is 11.6. The Hall–Kier alpha value is -0.990. The van der Waals surface area contributed by atoms with Gasteiger partial charge in [-0.05, 0) is 67.1 Å². The maximum absolute atomic E-state index is 13.9. The fourth-order valence-electron chi connectivity index (χ4n) is 5.54. The molecule has 0 radical (unpaired) electrons. The lowest BCUT2D eigenvalue weighted by molar-refractivity contribution is 0.222. The number of benzene rings is 1. The number of hydrogen-bond acceptors (Lipinski definition) is 0. The molecule has 0 bridgehead atoms. The van der Waals surface area contributed by atoms with Crippen LogP contribution in [0.1, 0.15) is 107 Å². The lowest BCUT2D eigenvalue weighted by Gasteiger charge is -2.32. The molecule has 1 aromatic carbocycles. The van der Waals surface area contributed by atoms with E-state index in [1.807, 2.05) is 0 Å². The highest BCUT2D eigenvalue weighted by Gasteiger charge is 2.26. The predicted molar refractivity (Wildman–Crippen MR) is 110 cm³/mol. The maximum atomic E-state index is 13.9. The molecule has 2 aliphatic rings. The summed E-state index contributed by atoms with van der Waals surface area (Å²) < 4.78 is 40.5. The van der Waals surface area contributed by atoms with Crippen LogP contribution in [-0.2, 0) is 6.67 Å². The van der Waals surface area contributed by atoms with Crippen molar-refractivity contribution >= 4 is 0 Å². The van der Waals surface area contributed by atoms with E-state index in [0.29, 0.717) is 0 Å². The van der Waals surface area contributed by atoms with E-state index in [0.717, 1.165) is 49.0 Å². The van der Waals surface area contributed by atoms with Crippen LogP contribution in [-0.4, -0.2) is 0 Å². The summed E-state index contributed by atoms with van der Waals surface area (Å²) in [6.45, 7) is 1.21. The number of hydrogen-bond donors (Lipinski definition) is 0. The van der Waals surface area contributed by atoms with Crippen molar-refractivity contribution in [1.29, 1.82) is 0 Å². The molecule has 0 aliphatic heterocycles. The standard InChI is InChI=1S/C25H37F3/c1-2-3-4-18-5-7-19(8-6-18)9-10-20-11-13-21(14-12-20)22-15-24(27)23(17-26)25(28)16-22/h15-16,18-21H,2-14,17H2,1H3. The van der Waals surface area contributed by atoms with Crippen LogP contribution >= 0.6 is 0 Å². The first kappa shape index (κ1) is 21.7. The summed E-state index contributed by atoms with van der Waals surface area (Å²) >= 11 is 0. The van der Waals surface area contributed by atoms with Gasteiger partial charge in [-0.2, -0.15) is 0 Å². The number of alkyl halides is 1. The second-order valence-electron chi connectivity index (χ2n) is 9.42. The number of halogens is 3. The molecule has 2 aliphatic carbocycles. The van der Waals surface area contributed by atoms with Crippen molar-refractivity contribution < 1.29 is 13.2 Å². The Morgan fingerprint density at radius 3 is 1.68 bits per heavy atom. The highest BCUT2D eigenvalue weighted by molar-refractivity contribution is 5.28. The maximum Gasteiger partial charge on any atom is 0.132 e. The minimum atomic E-state index is -1.08. The van der Waals surface area contributed by atoms with Crippen molar-refractivity contribution in [3.05, 3.63) is 34.9 Å². The van der Waals surface area contributed by atoms with Crippen LogP contribution in [0.15, 0.2) is 12.1 Å². The van der Waals surface area contributed by atoms with Crippen LogP contribution in [0.5, 0.6) is 0 Å². The highest BCUT2D eigenvalue weighted by Crippen LogP contribution is 2.40. The van der Waals surface area contributed by atoms with E-state index in [1.54, 1.807) is 0 Å². The smallest absolute Gasteiger partial charge is 0.132 e. The molecule has 0 spiro atoms. The topological polar surface area (TPSA) is 0 Å². The molecule has 28 heavy (non-hydrogen) atoms. The van der Waals surface area contributed by atoms with E-state index < -0.39 is 23.9 Å². The molecule has 0 heterocycles. The van der Waals surface area contributed by atoms with Gasteiger partial charge in [0.25, 0.3) is 0 Å². The summed E-state index contributed by atoms with van der Waals surface area (Å²) in [5.41, 5.74) is 0.290. The molecule has 158 valence electrons. The van der Waals surface area contributed by atoms with E-state index >= 15 is 0 Å². The summed E-state index contributed by atoms with van der Waals surface area (Å²) in [6.07, 6.45) is 16.9. The van der Waals surface area contributed by atoms with Gasteiger partial charge in [0.15, 0.2) is 0 Å². The van der Waals surface area contributed by atoms with Crippen LogP contribution in [0.2, 0.25) is 0 Å². The van der Waals surface area contributed by atoms with E-state index in [-0.39, 0.29) is 5.92 Å². The summed E-state index contributed by atoms with van der Waals surface area (Å²) in [5.74, 6) is 1.45. The molecule has 0 N–H and O–H groups in total. The minimum absolute atomic E-state index is 0.225. The molecule has 0 saturated heterocycles. The quantitative estimate of drug-likeness (QED) is 0.415. The predicted octanol–water partition coefficient (Wildman–Crippen LogP) is 8.48. The third-order valence-electron chi connectivity index (χ3n) is 7.53. The van der Waals surface area contributed by atoms with E-state index in [9.17, 15) is 13.2 Å². The molecule has 0 atom stereocenters. The lowest BCUT2D eigenvalue weighted by atomic mass is 9.74. The van der Waals surface area contributed by atoms with Gasteiger partial charge in [-0.15, -0.1) is 0 Å². The Bertz CT molecular complexity index is 573. The van der Waals surface area contributed by atoms with Gasteiger partial charge in [0.05, 0.1) is 5.56 Å². The summed E-state index contributed by atoms with van der Waals surface area (Å²) in [7, 11) is 0. The van der Waals surface area contributed by atoms with Crippen LogP contribution in [0.25, 0.3) is 0 Å². The molecule has 0 amide bonds. The molecule has 3 rings (SSSR count). The molecule has 1 aromatic rings. The van der Waals surface area contributed by atoms with Crippen molar-refractivity contribution in [2.24, 2.45) is 17.8 Å². The fraction of sp³-hybridized carbons (Fsp3) is 0.760. The zero-order chi connectivity index (χ0) is 19.9. The zero-order valence-electron chi connectivity index (χ0n) is 17.5.